The Morgan fingerprint density at radius 1 is 1.27 bits per heavy atom. The molecule has 0 saturated carbocycles. The zero-order valence-electron chi connectivity index (χ0n) is 13.0. The lowest BCUT2D eigenvalue weighted by Gasteiger charge is -2.22. The maximum atomic E-state index is 12.5. The summed E-state index contributed by atoms with van der Waals surface area (Å²) in [7, 11) is 0. The summed E-state index contributed by atoms with van der Waals surface area (Å²) in [6.45, 7) is 4.99. The number of aliphatic hydroxyl groups is 1. The molecule has 0 bridgehead atoms. The van der Waals surface area contributed by atoms with Crippen LogP contribution < -0.4 is 0 Å². The summed E-state index contributed by atoms with van der Waals surface area (Å²) in [5, 5.41) is 9.63. The zero-order chi connectivity index (χ0) is 15.4. The first-order valence-electron chi connectivity index (χ1n) is 8.26. The maximum Gasteiger partial charge on any atom is 0.227 e. The number of rotatable bonds is 5. The van der Waals surface area contributed by atoms with Crippen LogP contribution in [-0.4, -0.2) is 65.1 Å². The van der Waals surface area contributed by atoms with Gasteiger partial charge in [-0.3, -0.25) is 9.78 Å². The van der Waals surface area contributed by atoms with E-state index in [2.05, 4.69) is 9.88 Å². The van der Waals surface area contributed by atoms with Gasteiger partial charge in [-0.2, -0.15) is 0 Å². The van der Waals surface area contributed by atoms with Crippen LogP contribution in [0, 0.1) is 11.8 Å². The monoisotopic (exact) mass is 303 g/mol. The molecule has 0 radical (unpaired) electrons. The standard InChI is InChI=1S/C17H25N3O2/c21-13-16-12-20(11-15(16)10-19-6-1-2-7-19)17(22)8-14-4-3-5-18-9-14/h3-5,9,15-16,21H,1-2,6-8,10-13H2/t15-,16-/m0/s1. The largest absolute Gasteiger partial charge is 0.396 e. The summed E-state index contributed by atoms with van der Waals surface area (Å²) >= 11 is 0. The lowest BCUT2D eigenvalue weighted by molar-refractivity contribution is -0.129. The topological polar surface area (TPSA) is 56.7 Å². The fourth-order valence-electron chi connectivity index (χ4n) is 3.64. The molecule has 1 amide bonds. The van der Waals surface area contributed by atoms with Crippen molar-refractivity contribution in [3.05, 3.63) is 30.1 Å². The highest BCUT2D eigenvalue weighted by atomic mass is 16.3. The third-order valence-electron chi connectivity index (χ3n) is 4.93. The molecule has 0 aromatic carbocycles. The van der Waals surface area contributed by atoms with Crippen LogP contribution in [0.25, 0.3) is 0 Å². The molecule has 0 unspecified atom stereocenters. The van der Waals surface area contributed by atoms with Crippen molar-refractivity contribution in [1.82, 2.24) is 14.8 Å². The zero-order valence-corrected chi connectivity index (χ0v) is 13.0. The number of nitrogens with zero attached hydrogens (tertiary/aromatic N) is 3. The average Bonchev–Trinajstić information content (AvgIpc) is 3.18. The molecule has 3 heterocycles. The van der Waals surface area contributed by atoms with Crippen LogP contribution in [0.2, 0.25) is 0 Å². The quantitative estimate of drug-likeness (QED) is 0.874. The SMILES string of the molecule is O=C(Cc1cccnc1)N1C[C@@H](CO)[C@@H](CN2CCCC2)C1. The number of aromatic nitrogens is 1. The van der Waals surface area contributed by atoms with Crippen molar-refractivity contribution < 1.29 is 9.90 Å². The number of hydrogen-bond acceptors (Lipinski definition) is 4. The number of likely N-dealkylation sites (tertiary alicyclic amines) is 2. The molecule has 22 heavy (non-hydrogen) atoms. The van der Waals surface area contributed by atoms with E-state index in [1.54, 1.807) is 12.4 Å². The molecule has 1 aromatic heterocycles. The fourth-order valence-corrected chi connectivity index (χ4v) is 3.64. The molecule has 3 rings (SSSR count). The van der Waals surface area contributed by atoms with Crippen LogP contribution in [0.4, 0.5) is 0 Å². The molecule has 2 atom stereocenters. The molecule has 2 aliphatic heterocycles. The smallest absolute Gasteiger partial charge is 0.227 e. The van der Waals surface area contributed by atoms with Crippen molar-refractivity contribution in [1.29, 1.82) is 0 Å². The Morgan fingerprint density at radius 3 is 2.73 bits per heavy atom. The van der Waals surface area contributed by atoms with E-state index in [-0.39, 0.29) is 18.4 Å². The highest BCUT2D eigenvalue weighted by molar-refractivity contribution is 5.79. The number of carbonyl (C=O) groups is 1. The van der Waals surface area contributed by atoms with Gasteiger partial charge >= 0.3 is 0 Å². The number of pyridine rings is 1. The second-order valence-corrected chi connectivity index (χ2v) is 6.55. The van der Waals surface area contributed by atoms with Gasteiger partial charge in [-0.25, -0.2) is 0 Å². The summed E-state index contributed by atoms with van der Waals surface area (Å²) in [6.07, 6.45) is 6.43. The van der Waals surface area contributed by atoms with E-state index >= 15 is 0 Å². The number of hydrogen-bond donors (Lipinski definition) is 1. The molecule has 1 aromatic rings. The van der Waals surface area contributed by atoms with Gasteiger partial charge in [-0.05, 0) is 43.5 Å². The Morgan fingerprint density at radius 2 is 2.05 bits per heavy atom. The summed E-state index contributed by atoms with van der Waals surface area (Å²) in [4.78, 5) is 20.9. The lowest BCUT2D eigenvalue weighted by Crippen LogP contribution is -2.33. The van der Waals surface area contributed by atoms with E-state index in [9.17, 15) is 9.90 Å². The minimum atomic E-state index is 0.148. The second kappa shape index (κ2) is 7.20. The van der Waals surface area contributed by atoms with E-state index in [4.69, 9.17) is 0 Å². The van der Waals surface area contributed by atoms with Crippen molar-refractivity contribution in [3.63, 3.8) is 0 Å². The van der Waals surface area contributed by atoms with Gasteiger partial charge in [0.1, 0.15) is 0 Å². The van der Waals surface area contributed by atoms with Crippen molar-refractivity contribution >= 4 is 5.91 Å². The van der Waals surface area contributed by atoms with E-state index < -0.39 is 0 Å². The van der Waals surface area contributed by atoms with Gasteiger partial charge in [0.05, 0.1) is 6.42 Å². The van der Waals surface area contributed by atoms with E-state index in [0.717, 1.165) is 31.7 Å². The lowest BCUT2D eigenvalue weighted by atomic mass is 9.96. The minimum absolute atomic E-state index is 0.148. The summed E-state index contributed by atoms with van der Waals surface area (Å²) in [6, 6.07) is 3.80. The normalized spacial score (nSPS) is 25.8. The summed E-state index contributed by atoms with van der Waals surface area (Å²) in [5.41, 5.74) is 0.955. The summed E-state index contributed by atoms with van der Waals surface area (Å²) in [5.74, 6) is 0.773. The fraction of sp³-hybridized carbons (Fsp3) is 0.647. The minimum Gasteiger partial charge on any atom is -0.396 e. The van der Waals surface area contributed by atoms with Gasteiger partial charge in [-0.15, -0.1) is 0 Å². The molecule has 2 fully saturated rings. The van der Waals surface area contributed by atoms with Crippen molar-refractivity contribution in [2.45, 2.75) is 19.3 Å². The van der Waals surface area contributed by atoms with Crippen LogP contribution in [0.1, 0.15) is 18.4 Å². The molecular weight excluding hydrogens is 278 g/mol. The van der Waals surface area contributed by atoms with Crippen molar-refractivity contribution in [2.24, 2.45) is 11.8 Å². The van der Waals surface area contributed by atoms with Gasteiger partial charge in [0, 0.05) is 44.6 Å². The Hall–Kier alpha value is -1.46. The van der Waals surface area contributed by atoms with Crippen molar-refractivity contribution in [3.8, 4) is 0 Å². The molecule has 0 spiro atoms. The Labute approximate surface area is 131 Å². The van der Waals surface area contributed by atoms with Crippen LogP contribution in [0.15, 0.2) is 24.5 Å². The Bertz CT molecular complexity index is 488. The van der Waals surface area contributed by atoms with Crippen LogP contribution in [0.3, 0.4) is 0 Å². The number of carbonyl (C=O) groups excluding carboxylic acids is 1. The number of amides is 1. The highest BCUT2D eigenvalue weighted by Crippen LogP contribution is 2.26. The van der Waals surface area contributed by atoms with E-state index in [1.807, 2.05) is 17.0 Å². The van der Waals surface area contributed by atoms with Crippen LogP contribution in [0.5, 0.6) is 0 Å². The predicted octanol–water partition coefficient (Wildman–Crippen LogP) is 0.787. The maximum absolute atomic E-state index is 12.5. The van der Waals surface area contributed by atoms with E-state index in [0.29, 0.717) is 18.9 Å². The van der Waals surface area contributed by atoms with Gasteiger partial charge in [0.2, 0.25) is 5.91 Å². The van der Waals surface area contributed by atoms with Gasteiger partial charge in [0.15, 0.2) is 0 Å². The second-order valence-electron chi connectivity index (χ2n) is 6.55. The van der Waals surface area contributed by atoms with Gasteiger partial charge in [-0.1, -0.05) is 6.07 Å². The van der Waals surface area contributed by atoms with Crippen molar-refractivity contribution in [2.75, 3.05) is 39.3 Å². The Balaban J connectivity index is 1.57. The van der Waals surface area contributed by atoms with Gasteiger partial charge < -0.3 is 14.9 Å². The predicted molar refractivity (Wildman–Crippen MR) is 84.3 cm³/mol. The molecular formula is C17H25N3O2. The summed E-state index contributed by atoms with van der Waals surface area (Å²) < 4.78 is 0. The molecule has 2 aliphatic rings. The molecule has 5 heteroatoms. The average molecular weight is 303 g/mol. The molecule has 5 nitrogen and oxygen atoms in total. The van der Waals surface area contributed by atoms with Gasteiger partial charge in [0.25, 0.3) is 0 Å². The molecule has 1 N–H and O–H groups in total. The van der Waals surface area contributed by atoms with Crippen LogP contribution in [-0.2, 0) is 11.2 Å². The number of aliphatic hydroxyl groups excluding tert-OH is 1. The third kappa shape index (κ3) is 3.65. The van der Waals surface area contributed by atoms with Crippen LogP contribution >= 0.6 is 0 Å². The highest BCUT2D eigenvalue weighted by Gasteiger charge is 2.35. The first-order valence-corrected chi connectivity index (χ1v) is 8.26. The first kappa shape index (κ1) is 15.4. The molecule has 2 saturated heterocycles. The third-order valence-corrected chi connectivity index (χ3v) is 4.93. The van der Waals surface area contributed by atoms with E-state index in [1.165, 1.54) is 12.8 Å². The Kier molecular flexibility index (Phi) is 5.05. The molecule has 0 aliphatic carbocycles. The first-order chi connectivity index (χ1) is 10.8. The molecule has 120 valence electrons.